The van der Waals surface area contributed by atoms with Crippen molar-refractivity contribution in [1.29, 1.82) is 5.26 Å². The van der Waals surface area contributed by atoms with Gasteiger partial charge in [-0.05, 0) is 56.7 Å². The molecule has 1 fully saturated rings. The predicted molar refractivity (Wildman–Crippen MR) is 112 cm³/mol. The molecule has 29 heavy (non-hydrogen) atoms. The summed E-state index contributed by atoms with van der Waals surface area (Å²) in [7, 11) is 0. The fraction of sp³-hybridized carbons (Fsp3) is 0.522. The first-order valence-electron chi connectivity index (χ1n) is 10.8. The topological polar surface area (TPSA) is 78.0 Å². The number of hydrogen-bond acceptors (Lipinski definition) is 5. The van der Waals surface area contributed by atoms with E-state index in [0.717, 1.165) is 70.4 Å². The van der Waals surface area contributed by atoms with Gasteiger partial charge in [0.1, 0.15) is 23.2 Å². The number of nitrogens with zero attached hydrogens (tertiary/aromatic N) is 5. The van der Waals surface area contributed by atoms with Crippen LogP contribution in [0.5, 0.6) is 0 Å². The summed E-state index contributed by atoms with van der Waals surface area (Å²) >= 11 is 0. The zero-order chi connectivity index (χ0) is 20.1. The molecule has 4 rings (SSSR count). The molecule has 2 aliphatic heterocycles. The van der Waals surface area contributed by atoms with Gasteiger partial charge in [0.25, 0.3) is 0 Å². The van der Waals surface area contributed by atoms with Crippen molar-refractivity contribution in [3.63, 3.8) is 0 Å². The first-order valence-corrected chi connectivity index (χ1v) is 10.8. The molecule has 1 saturated heterocycles. The number of fused-ring (bicyclic) bond motifs is 1. The number of nitriles is 1. The summed E-state index contributed by atoms with van der Waals surface area (Å²) in [5, 5.41) is 29.0. The molecule has 6 nitrogen and oxygen atoms in total. The second kappa shape index (κ2) is 9.23. The van der Waals surface area contributed by atoms with Crippen molar-refractivity contribution in [3.05, 3.63) is 53.3 Å². The number of aliphatic hydroxyl groups is 1. The monoisotopic (exact) mass is 391 g/mol. The summed E-state index contributed by atoms with van der Waals surface area (Å²) in [5.74, 6) is 2.26. The van der Waals surface area contributed by atoms with Crippen LogP contribution in [0.2, 0.25) is 0 Å². The zero-order valence-electron chi connectivity index (χ0n) is 16.9. The van der Waals surface area contributed by atoms with Gasteiger partial charge in [0, 0.05) is 13.0 Å². The molecular formula is C23H29N5O. The van der Waals surface area contributed by atoms with E-state index in [-0.39, 0.29) is 11.3 Å². The SMILES string of the molecule is N#C/C(=C(/O)CN1CCC(Cc2ccccc2)CC1)c1nnc2n1CCCCC2. The molecule has 152 valence electrons. The van der Waals surface area contributed by atoms with E-state index < -0.39 is 0 Å². The Hall–Kier alpha value is -2.65. The van der Waals surface area contributed by atoms with E-state index in [1.807, 2.05) is 4.57 Å². The van der Waals surface area contributed by atoms with Gasteiger partial charge in [0.05, 0.1) is 6.54 Å². The number of rotatable bonds is 5. The van der Waals surface area contributed by atoms with E-state index in [2.05, 4.69) is 51.5 Å². The van der Waals surface area contributed by atoms with Gasteiger partial charge in [-0.1, -0.05) is 36.8 Å². The lowest BCUT2D eigenvalue weighted by molar-refractivity contribution is 0.177. The lowest BCUT2D eigenvalue weighted by Gasteiger charge is -2.31. The molecule has 0 saturated carbocycles. The maximum atomic E-state index is 10.7. The Bertz CT molecular complexity index is 888. The van der Waals surface area contributed by atoms with E-state index in [9.17, 15) is 10.4 Å². The molecule has 1 aromatic heterocycles. The molecule has 1 N–H and O–H groups in total. The van der Waals surface area contributed by atoms with Crippen LogP contribution in [0.3, 0.4) is 0 Å². The van der Waals surface area contributed by atoms with Gasteiger partial charge in [-0.3, -0.25) is 4.90 Å². The van der Waals surface area contributed by atoms with Crippen molar-refractivity contribution in [3.8, 4) is 6.07 Å². The van der Waals surface area contributed by atoms with E-state index in [1.165, 1.54) is 5.56 Å². The minimum atomic E-state index is 0.119. The molecule has 1 aromatic carbocycles. The molecular weight excluding hydrogens is 362 g/mol. The van der Waals surface area contributed by atoms with Crippen molar-refractivity contribution in [1.82, 2.24) is 19.7 Å². The molecule has 0 bridgehead atoms. The number of likely N-dealkylation sites (tertiary alicyclic amines) is 1. The Morgan fingerprint density at radius 2 is 1.86 bits per heavy atom. The standard InChI is InChI=1S/C23H29N5O/c24-16-20(23-26-25-22-9-5-2-6-12-28(22)23)21(29)17-27-13-10-19(11-14-27)15-18-7-3-1-4-8-18/h1,3-4,7-8,19,29H,2,5-6,9-15,17H2/b21-20-. The number of aryl methyl sites for hydroxylation is 1. The molecule has 0 atom stereocenters. The maximum absolute atomic E-state index is 10.7. The van der Waals surface area contributed by atoms with Gasteiger partial charge in [0.2, 0.25) is 0 Å². The number of benzene rings is 1. The summed E-state index contributed by atoms with van der Waals surface area (Å²) < 4.78 is 2.02. The normalized spacial score (nSPS) is 19.1. The van der Waals surface area contributed by atoms with Crippen LogP contribution in [0.25, 0.3) is 5.57 Å². The van der Waals surface area contributed by atoms with E-state index in [4.69, 9.17) is 0 Å². The van der Waals surface area contributed by atoms with Crippen molar-refractivity contribution in [2.75, 3.05) is 19.6 Å². The molecule has 2 aromatic rings. The molecule has 0 radical (unpaired) electrons. The quantitative estimate of drug-likeness (QED) is 0.620. The highest BCUT2D eigenvalue weighted by molar-refractivity contribution is 5.74. The van der Waals surface area contributed by atoms with Gasteiger partial charge in [-0.2, -0.15) is 5.26 Å². The van der Waals surface area contributed by atoms with Crippen LogP contribution >= 0.6 is 0 Å². The third kappa shape index (κ3) is 4.68. The fourth-order valence-corrected chi connectivity index (χ4v) is 4.50. The van der Waals surface area contributed by atoms with Crippen molar-refractivity contribution >= 4 is 5.57 Å². The van der Waals surface area contributed by atoms with Gasteiger partial charge in [0.15, 0.2) is 5.82 Å². The highest BCUT2D eigenvalue weighted by Gasteiger charge is 2.24. The highest BCUT2D eigenvalue weighted by atomic mass is 16.3. The van der Waals surface area contributed by atoms with Crippen molar-refractivity contribution < 1.29 is 5.11 Å². The summed E-state index contributed by atoms with van der Waals surface area (Å²) in [6.07, 6.45) is 7.57. The van der Waals surface area contributed by atoms with Gasteiger partial charge in [-0.15, -0.1) is 10.2 Å². The molecule has 6 heteroatoms. The minimum Gasteiger partial charge on any atom is -0.509 e. The largest absolute Gasteiger partial charge is 0.509 e. The Morgan fingerprint density at radius 1 is 1.07 bits per heavy atom. The summed E-state index contributed by atoms with van der Waals surface area (Å²) in [6, 6.07) is 12.8. The van der Waals surface area contributed by atoms with Gasteiger partial charge >= 0.3 is 0 Å². The Balaban J connectivity index is 1.39. The van der Waals surface area contributed by atoms with Crippen LogP contribution in [0.4, 0.5) is 0 Å². The average molecular weight is 392 g/mol. The van der Waals surface area contributed by atoms with E-state index in [0.29, 0.717) is 18.3 Å². The first kappa shape index (κ1) is 19.7. The van der Waals surface area contributed by atoms with Crippen LogP contribution in [0.1, 0.15) is 49.3 Å². The lowest BCUT2D eigenvalue weighted by atomic mass is 9.90. The van der Waals surface area contributed by atoms with Crippen LogP contribution in [0.15, 0.2) is 36.1 Å². The minimum absolute atomic E-state index is 0.119. The summed E-state index contributed by atoms with van der Waals surface area (Å²) in [6.45, 7) is 3.11. The number of aromatic nitrogens is 3. The molecule has 0 amide bonds. The molecule has 2 aliphatic rings. The molecule has 3 heterocycles. The Morgan fingerprint density at radius 3 is 2.62 bits per heavy atom. The fourth-order valence-electron chi connectivity index (χ4n) is 4.50. The van der Waals surface area contributed by atoms with Gasteiger partial charge < -0.3 is 9.67 Å². The smallest absolute Gasteiger partial charge is 0.178 e. The van der Waals surface area contributed by atoms with E-state index >= 15 is 0 Å². The van der Waals surface area contributed by atoms with Crippen LogP contribution < -0.4 is 0 Å². The highest BCUT2D eigenvalue weighted by Crippen LogP contribution is 2.24. The van der Waals surface area contributed by atoms with Crippen LogP contribution in [0, 0.1) is 17.2 Å². The summed E-state index contributed by atoms with van der Waals surface area (Å²) in [4.78, 5) is 2.24. The van der Waals surface area contributed by atoms with Gasteiger partial charge in [-0.25, -0.2) is 0 Å². The Labute approximate surface area is 172 Å². The number of hydrogen-bond donors (Lipinski definition) is 1. The third-order valence-electron chi connectivity index (χ3n) is 6.18. The second-order valence-corrected chi connectivity index (χ2v) is 8.24. The first-order chi connectivity index (χ1) is 14.2. The molecule has 0 unspecified atom stereocenters. The Kier molecular flexibility index (Phi) is 6.26. The number of piperidine rings is 1. The van der Waals surface area contributed by atoms with E-state index in [1.54, 1.807) is 0 Å². The lowest BCUT2D eigenvalue weighted by Crippen LogP contribution is -2.35. The average Bonchev–Trinajstić information content (AvgIpc) is 2.98. The zero-order valence-corrected chi connectivity index (χ0v) is 16.9. The van der Waals surface area contributed by atoms with Crippen LogP contribution in [-0.2, 0) is 19.4 Å². The number of aliphatic hydroxyl groups excluding tert-OH is 1. The molecule has 0 aliphatic carbocycles. The predicted octanol–water partition coefficient (Wildman–Crippen LogP) is 3.75. The second-order valence-electron chi connectivity index (χ2n) is 8.24. The third-order valence-corrected chi connectivity index (χ3v) is 6.18. The van der Waals surface area contributed by atoms with Crippen molar-refractivity contribution in [2.24, 2.45) is 5.92 Å². The number of allylic oxidation sites excluding steroid dienone is 1. The molecule has 0 spiro atoms. The van der Waals surface area contributed by atoms with Crippen LogP contribution in [-0.4, -0.2) is 44.4 Å². The summed E-state index contributed by atoms with van der Waals surface area (Å²) in [5.41, 5.74) is 1.67. The van der Waals surface area contributed by atoms with Crippen molar-refractivity contribution in [2.45, 2.75) is 51.5 Å². The maximum Gasteiger partial charge on any atom is 0.178 e.